The van der Waals surface area contributed by atoms with Crippen LogP contribution in [0, 0.1) is 0 Å². The van der Waals surface area contributed by atoms with Gasteiger partial charge in [-0.3, -0.25) is 10.1 Å². The van der Waals surface area contributed by atoms with Gasteiger partial charge in [0.1, 0.15) is 5.75 Å². The Morgan fingerprint density at radius 3 is 2.08 bits per heavy atom. The summed E-state index contributed by atoms with van der Waals surface area (Å²) >= 11 is 0. The molecular formula is C19H20N2O5. The lowest BCUT2D eigenvalue weighted by Gasteiger charge is -2.08. The molecule has 2 aromatic carbocycles. The Kier molecular flexibility index (Phi) is 6.73. The molecule has 2 aromatic rings. The zero-order chi connectivity index (χ0) is 18.9. The largest absolute Gasteiger partial charge is 0.497 e. The van der Waals surface area contributed by atoms with Gasteiger partial charge in [-0.2, -0.15) is 0 Å². The molecule has 0 fully saturated rings. The summed E-state index contributed by atoms with van der Waals surface area (Å²) in [6.45, 7) is 0.382. The van der Waals surface area contributed by atoms with Gasteiger partial charge in [0.25, 0.3) is 5.91 Å². The van der Waals surface area contributed by atoms with Crippen LogP contribution in [0.25, 0.3) is 0 Å². The second-order valence-electron chi connectivity index (χ2n) is 5.38. The molecule has 0 heterocycles. The average Bonchev–Trinajstić information content (AvgIpc) is 2.68. The third kappa shape index (κ3) is 5.34. The van der Waals surface area contributed by atoms with Gasteiger partial charge >= 0.3 is 12.0 Å². The number of methoxy groups -OCH3 is 2. The van der Waals surface area contributed by atoms with Crippen LogP contribution in [0.5, 0.6) is 5.75 Å². The van der Waals surface area contributed by atoms with Gasteiger partial charge < -0.3 is 14.8 Å². The summed E-state index contributed by atoms with van der Waals surface area (Å²) in [4.78, 5) is 35.2. The van der Waals surface area contributed by atoms with Crippen molar-refractivity contribution in [3.8, 4) is 5.75 Å². The number of rotatable bonds is 6. The zero-order valence-electron chi connectivity index (χ0n) is 14.6. The molecule has 0 aliphatic heterocycles. The van der Waals surface area contributed by atoms with Crippen molar-refractivity contribution >= 4 is 17.9 Å². The molecule has 0 saturated heterocycles. The second-order valence-corrected chi connectivity index (χ2v) is 5.38. The highest BCUT2D eigenvalue weighted by molar-refractivity contribution is 6.04. The Bertz CT molecular complexity index is 770. The molecule has 0 saturated carbocycles. The topological polar surface area (TPSA) is 93.7 Å². The van der Waals surface area contributed by atoms with Gasteiger partial charge in [0, 0.05) is 12.1 Å². The van der Waals surface area contributed by atoms with E-state index < -0.39 is 17.9 Å². The third-order valence-electron chi connectivity index (χ3n) is 3.65. The van der Waals surface area contributed by atoms with E-state index in [0.29, 0.717) is 18.5 Å². The molecule has 7 nitrogen and oxygen atoms in total. The van der Waals surface area contributed by atoms with Crippen molar-refractivity contribution in [3.63, 3.8) is 0 Å². The van der Waals surface area contributed by atoms with Crippen molar-refractivity contribution in [2.24, 2.45) is 0 Å². The smallest absolute Gasteiger partial charge is 0.337 e. The predicted octanol–water partition coefficient (Wildman–Crippen LogP) is 2.16. The van der Waals surface area contributed by atoms with E-state index in [-0.39, 0.29) is 5.56 Å². The van der Waals surface area contributed by atoms with Crippen molar-refractivity contribution in [2.75, 3.05) is 20.8 Å². The number of imide groups is 1. The molecular weight excluding hydrogens is 336 g/mol. The Hall–Kier alpha value is -3.35. The number of ether oxygens (including phenoxy) is 2. The maximum Gasteiger partial charge on any atom is 0.337 e. The van der Waals surface area contributed by atoms with E-state index in [2.05, 4.69) is 15.4 Å². The number of esters is 1. The van der Waals surface area contributed by atoms with E-state index in [9.17, 15) is 14.4 Å². The van der Waals surface area contributed by atoms with Crippen molar-refractivity contribution < 1.29 is 23.9 Å². The van der Waals surface area contributed by atoms with E-state index in [1.807, 2.05) is 24.3 Å². The number of amides is 3. The molecule has 0 bridgehead atoms. The summed E-state index contributed by atoms with van der Waals surface area (Å²) in [5.74, 6) is -0.278. The fourth-order valence-electron chi connectivity index (χ4n) is 2.21. The highest BCUT2D eigenvalue weighted by Gasteiger charge is 2.11. The maximum absolute atomic E-state index is 12.0. The van der Waals surface area contributed by atoms with Crippen LogP contribution >= 0.6 is 0 Å². The predicted molar refractivity (Wildman–Crippen MR) is 95.3 cm³/mol. The van der Waals surface area contributed by atoms with Gasteiger partial charge in [0.2, 0.25) is 0 Å². The van der Waals surface area contributed by atoms with E-state index in [1.165, 1.54) is 31.4 Å². The van der Waals surface area contributed by atoms with Crippen LogP contribution in [0.15, 0.2) is 48.5 Å². The molecule has 26 heavy (non-hydrogen) atoms. The van der Waals surface area contributed by atoms with Gasteiger partial charge in [-0.1, -0.05) is 12.1 Å². The lowest BCUT2D eigenvalue weighted by molar-refractivity contribution is 0.0600. The fraction of sp³-hybridized carbons (Fsp3) is 0.211. The molecule has 3 amide bonds. The summed E-state index contributed by atoms with van der Waals surface area (Å²) < 4.78 is 9.67. The SMILES string of the molecule is COC(=O)c1ccc(C(=O)NC(=O)NCCc2ccc(OC)cc2)cc1. The van der Waals surface area contributed by atoms with E-state index in [4.69, 9.17) is 4.74 Å². The molecule has 0 atom stereocenters. The van der Waals surface area contributed by atoms with Gasteiger partial charge in [-0.25, -0.2) is 9.59 Å². The average molecular weight is 356 g/mol. The standard InChI is InChI=1S/C19H20N2O5/c1-25-16-9-3-13(4-10-16)11-12-20-19(24)21-17(22)14-5-7-15(8-6-14)18(23)26-2/h3-10H,11-12H2,1-2H3,(H2,20,21,22,24). The Morgan fingerprint density at radius 1 is 0.885 bits per heavy atom. The second kappa shape index (κ2) is 9.22. The maximum atomic E-state index is 12.0. The Morgan fingerprint density at radius 2 is 1.50 bits per heavy atom. The molecule has 0 radical (unpaired) electrons. The molecule has 0 aromatic heterocycles. The molecule has 2 rings (SSSR count). The minimum Gasteiger partial charge on any atom is -0.497 e. The first-order valence-electron chi connectivity index (χ1n) is 7.94. The van der Waals surface area contributed by atoms with Crippen LogP contribution < -0.4 is 15.4 Å². The fourth-order valence-corrected chi connectivity index (χ4v) is 2.21. The quantitative estimate of drug-likeness (QED) is 0.774. The first-order valence-corrected chi connectivity index (χ1v) is 7.94. The monoisotopic (exact) mass is 356 g/mol. The number of carbonyl (C=O) groups is 3. The van der Waals surface area contributed by atoms with Crippen molar-refractivity contribution in [1.29, 1.82) is 0 Å². The molecule has 0 aliphatic rings. The molecule has 0 unspecified atom stereocenters. The lowest BCUT2D eigenvalue weighted by Crippen LogP contribution is -2.40. The number of carbonyl (C=O) groups excluding carboxylic acids is 3. The Labute approximate surface area is 151 Å². The van der Waals surface area contributed by atoms with Crippen molar-refractivity contribution in [2.45, 2.75) is 6.42 Å². The van der Waals surface area contributed by atoms with E-state index in [0.717, 1.165) is 11.3 Å². The number of urea groups is 1. The lowest BCUT2D eigenvalue weighted by atomic mass is 10.1. The van der Waals surface area contributed by atoms with Gasteiger partial charge in [-0.15, -0.1) is 0 Å². The number of hydrogen-bond acceptors (Lipinski definition) is 5. The van der Waals surface area contributed by atoms with Crippen LogP contribution in [0.2, 0.25) is 0 Å². The first-order chi connectivity index (χ1) is 12.5. The summed E-state index contributed by atoms with van der Waals surface area (Å²) in [6, 6.07) is 12.7. The first kappa shape index (κ1) is 19.0. The van der Waals surface area contributed by atoms with Gasteiger partial charge in [-0.05, 0) is 48.4 Å². The molecule has 0 aliphatic carbocycles. The van der Waals surface area contributed by atoms with Crippen LogP contribution in [0.3, 0.4) is 0 Å². The summed E-state index contributed by atoms with van der Waals surface area (Å²) in [5.41, 5.74) is 1.63. The van der Waals surface area contributed by atoms with E-state index >= 15 is 0 Å². The highest BCUT2D eigenvalue weighted by atomic mass is 16.5. The van der Waals surface area contributed by atoms with Crippen molar-refractivity contribution in [3.05, 3.63) is 65.2 Å². The van der Waals surface area contributed by atoms with Gasteiger partial charge in [0.05, 0.1) is 19.8 Å². The van der Waals surface area contributed by atoms with Crippen molar-refractivity contribution in [1.82, 2.24) is 10.6 Å². The van der Waals surface area contributed by atoms with Gasteiger partial charge in [0.15, 0.2) is 0 Å². The molecule has 2 N–H and O–H groups in total. The molecule has 0 spiro atoms. The number of nitrogens with one attached hydrogen (secondary N) is 2. The summed E-state index contributed by atoms with van der Waals surface area (Å²) in [6.07, 6.45) is 0.624. The Balaban J connectivity index is 1.79. The van der Waals surface area contributed by atoms with E-state index in [1.54, 1.807) is 7.11 Å². The molecule has 7 heteroatoms. The highest BCUT2D eigenvalue weighted by Crippen LogP contribution is 2.11. The van der Waals surface area contributed by atoms with Crippen LogP contribution in [-0.4, -0.2) is 38.7 Å². The summed E-state index contributed by atoms with van der Waals surface area (Å²) in [5, 5.41) is 4.86. The minimum absolute atomic E-state index is 0.267. The number of hydrogen-bond donors (Lipinski definition) is 2. The van der Waals surface area contributed by atoms with Crippen LogP contribution in [-0.2, 0) is 11.2 Å². The van der Waals surface area contributed by atoms with Crippen LogP contribution in [0.4, 0.5) is 4.79 Å². The molecule has 136 valence electrons. The normalized spacial score (nSPS) is 9.92. The zero-order valence-corrected chi connectivity index (χ0v) is 14.6. The summed E-state index contributed by atoms with van der Waals surface area (Å²) in [7, 11) is 2.88. The minimum atomic E-state index is -0.583. The number of benzene rings is 2. The third-order valence-corrected chi connectivity index (χ3v) is 3.65. The van der Waals surface area contributed by atoms with Crippen LogP contribution in [0.1, 0.15) is 26.3 Å².